The Kier molecular flexibility index (Phi) is 6.83. The molecule has 2 rings (SSSR count). The van der Waals surface area contributed by atoms with Crippen LogP contribution in [-0.2, 0) is 4.79 Å². The molecule has 0 aliphatic heterocycles. The van der Waals surface area contributed by atoms with Crippen molar-refractivity contribution in [2.45, 2.75) is 26.8 Å². The summed E-state index contributed by atoms with van der Waals surface area (Å²) in [5.74, 6) is 0.958. The third-order valence-corrected chi connectivity index (χ3v) is 3.59. The molecule has 0 unspecified atom stereocenters. The first-order valence-electron chi connectivity index (χ1n) is 8.10. The molecule has 0 aliphatic carbocycles. The van der Waals surface area contributed by atoms with Crippen molar-refractivity contribution >= 4 is 29.3 Å². The van der Waals surface area contributed by atoms with Gasteiger partial charge in [-0.05, 0) is 43.7 Å². The van der Waals surface area contributed by atoms with Gasteiger partial charge in [-0.1, -0.05) is 23.8 Å². The van der Waals surface area contributed by atoms with Crippen LogP contribution < -0.4 is 15.4 Å². The molecule has 0 fully saturated rings. The summed E-state index contributed by atoms with van der Waals surface area (Å²) in [5, 5.41) is 6.50. The largest absolute Gasteiger partial charge is 0.437 e. The SMILES string of the molecule is CCNc1ccc(Oc2ccc(/C=C/[C@H](C)NC(C)=O)cn2)c(Cl)c1. The summed E-state index contributed by atoms with van der Waals surface area (Å²) in [6, 6.07) is 9.16. The predicted octanol–water partition coefficient (Wildman–Crippen LogP) is 4.50. The smallest absolute Gasteiger partial charge is 0.219 e. The number of nitrogens with zero attached hydrogens (tertiary/aromatic N) is 1. The van der Waals surface area contributed by atoms with E-state index in [1.807, 2.05) is 50.3 Å². The molecule has 1 atom stereocenters. The minimum absolute atomic E-state index is 0.0394. The van der Waals surface area contributed by atoms with Gasteiger partial charge in [-0.3, -0.25) is 4.79 Å². The molecule has 1 amide bonds. The molecule has 6 heteroatoms. The molecule has 2 aromatic rings. The van der Waals surface area contributed by atoms with Crippen LogP contribution in [0.5, 0.6) is 11.6 Å². The van der Waals surface area contributed by atoms with E-state index in [1.165, 1.54) is 6.92 Å². The van der Waals surface area contributed by atoms with Crippen LogP contribution in [0.1, 0.15) is 26.3 Å². The average Bonchev–Trinajstić information content (AvgIpc) is 2.56. The van der Waals surface area contributed by atoms with Crippen molar-refractivity contribution in [3.05, 3.63) is 53.2 Å². The van der Waals surface area contributed by atoms with Crippen LogP contribution in [0.25, 0.3) is 6.08 Å². The van der Waals surface area contributed by atoms with E-state index >= 15 is 0 Å². The fourth-order valence-electron chi connectivity index (χ4n) is 2.19. The van der Waals surface area contributed by atoms with Gasteiger partial charge in [0, 0.05) is 37.5 Å². The standard InChI is InChI=1S/C19H22ClN3O2/c1-4-21-16-8-9-18(17(20)11-16)25-19-10-7-15(12-22-19)6-5-13(2)23-14(3)24/h5-13,21H,4H2,1-3H3,(H,23,24)/b6-5+/t13-/m0/s1. The molecule has 1 aromatic heterocycles. The van der Waals surface area contributed by atoms with Gasteiger partial charge in [0.05, 0.1) is 5.02 Å². The van der Waals surface area contributed by atoms with E-state index < -0.39 is 0 Å². The molecule has 2 N–H and O–H groups in total. The van der Waals surface area contributed by atoms with Gasteiger partial charge >= 0.3 is 0 Å². The zero-order chi connectivity index (χ0) is 18.2. The Morgan fingerprint density at radius 3 is 2.76 bits per heavy atom. The monoisotopic (exact) mass is 359 g/mol. The molecule has 0 radical (unpaired) electrons. The first-order valence-corrected chi connectivity index (χ1v) is 8.48. The number of aromatic nitrogens is 1. The Hall–Kier alpha value is -2.53. The third-order valence-electron chi connectivity index (χ3n) is 3.29. The lowest BCUT2D eigenvalue weighted by Gasteiger charge is -2.09. The number of amides is 1. The molecule has 0 saturated carbocycles. The first kappa shape index (κ1) is 18.8. The van der Waals surface area contributed by atoms with Crippen LogP contribution in [0.4, 0.5) is 5.69 Å². The molecule has 1 heterocycles. The molecule has 132 valence electrons. The lowest BCUT2D eigenvalue weighted by molar-refractivity contribution is -0.119. The van der Waals surface area contributed by atoms with E-state index in [9.17, 15) is 4.79 Å². The van der Waals surface area contributed by atoms with Gasteiger partial charge < -0.3 is 15.4 Å². The van der Waals surface area contributed by atoms with Crippen molar-refractivity contribution in [3.8, 4) is 11.6 Å². The zero-order valence-electron chi connectivity index (χ0n) is 14.5. The van der Waals surface area contributed by atoms with E-state index in [0.29, 0.717) is 16.7 Å². The Morgan fingerprint density at radius 1 is 1.36 bits per heavy atom. The topological polar surface area (TPSA) is 63.2 Å². The second-order valence-corrected chi connectivity index (χ2v) is 5.96. The minimum atomic E-state index is -0.0592. The maximum atomic E-state index is 11.0. The number of hydrogen-bond donors (Lipinski definition) is 2. The highest BCUT2D eigenvalue weighted by molar-refractivity contribution is 6.32. The quantitative estimate of drug-likeness (QED) is 0.764. The number of hydrogen-bond acceptors (Lipinski definition) is 4. The number of benzene rings is 1. The van der Waals surface area contributed by atoms with Crippen molar-refractivity contribution in [2.24, 2.45) is 0 Å². The van der Waals surface area contributed by atoms with E-state index in [4.69, 9.17) is 16.3 Å². The highest BCUT2D eigenvalue weighted by Gasteiger charge is 2.05. The number of halogens is 1. The molecule has 0 spiro atoms. The van der Waals surface area contributed by atoms with Crippen LogP contribution >= 0.6 is 11.6 Å². The van der Waals surface area contributed by atoms with Crippen molar-refractivity contribution in [2.75, 3.05) is 11.9 Å². The summed E-state index contributed by atoms with van der Waals surface area (Å²) in [6.07, 6.45) is 5.50. The van der Waals surface area contributed by atoms with E-state index in [0.717, 1.165) is 17.8 Å². The molecule has 0 aliphatic rings. The number of rotatable bonds is 7. The second-order valence-electron chi connectivity index (χ2n) is 5.56. The van der Waals surface area contributed by atoms with Crippen molar-refractivity contribution in [1.29, 1.82) is 0 Å². The second kappa shape index (κ2) is 9.08. The Morgan fingerprint density at radius 2 is 2.16 bits per heavy atom. The van der Waals surface area contributed by atoms with Crippen LogP contribution in [0, 0.1) is 0 Å². The van der Waals surface area contributed by atoms with Crippen molar-refractivity contribution < 1.29 is 9.53 Å². The summed E-state index contributed by atoms with van der Waals surface area (Å²) in [4.78, 5) is 15.3. The van der Waals surface area contributed by atoms with Gasteiger partial charge in [-0.25, -0.2) is 4.98 Å². The molecular formula is C19H22ClN3O2. The van der Waals surface area contributed by atoms with Crippen LogP contribution in [0.15, 0.2) is 42.6 Å². The highest BCUT2D eigenvalue weighted by Crippen LogP contribution is 2.30. The van der Waals surface area contributed by atoms with Gasteiger partial charge in [-0.15, -0.1) is 0 Å². The molecular weight excluding hydrogens is 338 g/mol. The summed E-state index contributed by atoms with van der Waals surface area (Å²) < 4.78 is 5.72. The molecule has 1 aromatic carbocycles. The Bertz CT molecular complexity index is 745. The number of carbonyl (C=O) groups excluding carboxylic acids is 1. The number of carbonyl (C=O) groups is 1. The van der Waals surface area contributed by atoms with E-state index in [-0.39, 0.29) is 11.9 Å². The first-order chi connectivity index (χ1) is 12.0. The normalized spacial score (nSPS) is 12.0. The molecule has 0 saturated heterocycles. The van der Waals surface area contributed by atoms with Gasteiger partial charge in [0.1, 0.15) is 5.75 Å². The maximum absolute atomic E-state index is 11.0. The maximum Gasteiger partial charge on any atom is 0.219 e. The predicted molar refractivity (Wildman–Crippen MR) is 102 cm³/mol. The number of pyridine rings is 1. The van der Waals surface area contributed by atoms with Crippen molar-refractivity contribution in [3.63, 3.8) is 0 Å². The minimum Gasteiger partial charge on any atom is -0.437 e. The van der Waals surface area contributed by atoms with E-state index in [1.54, 1.807) is 12.3 Å². The highest BCUT2D eigenvalue weighted by atomic mass is 35.5. The van der Waals surface area contributed by atoms with Gasteiger partial charge in [-0.2, -0.15) is 0 Å². The van der Waals surface area contributed by atoms with Gasteiger partial charge in [0.25, 0.3) is 0 Å². The summed E-state index contributed by atoms with van der Waals surface area (Å²) in [5.41, 5.74) is 1.86. The van der Waals surface area contributed by atoms with Crippen molar-refractivity contribution in [1.82, 2.24) is 10.3 Å². The molecule has 25 heavy (non-hydrogen) atoms. The summed E-state index contributed by atoms with van der Waals surface area (Å²) >= 11 is 6.23. The Balaban J connectivity index is 2.00. The molecule has 0 bridgehead atoms. The lowest BCUT2D eigenvalue weighted by atomic mass is 10.2. The summed E-state index contributed by atoms with van der Waals surface area (Å²) in [7, 11) is 0. The number of anilines is 1. The van der Waals surface area contributed by atoms with Gasteiger partial charge in [0.15, 0.2) is 0 Å². The van der Waals surface area contributed by atoms with E-state index in [2.05, 4.69) is 15.6 Å². The van der Waals surface area contributed by atoms with Crippen LogP contribution in [0.2, 0.25) is 5.02 Å². The fraction of sp³-hybridized carbons (Fsp3) is 0.263. The Labute approximate surface area is 153 Å². The fourth-order valence-corrected chi connectivity index (χ4v) is 2.40. The lowest BCUT2D eigenvalue weighted by Crippen LogP contribution is -2.28. The van der Waals surface area contributed by atoms with Gasteiger partial charge in [0.2, 0.25) is 11.8 Å². The summed E-state index contributed by atoms with van der Waals surface area (Å²) in [6.45, 7) is 6.25. The average molecular weight is 360 g/mol. The third kappa shape index (κ3) is 6.12. The van der Waals surface area contributed by atoms with Crippen LogP contribution in [0.3, 0.4) is 0 Å². The number of nitrogens with one attached hydrogen (secondary N) is 2. The van der Waals surface area contributed by atoms with Crippen LogP contribution in [-0.4, -0.2) is 23.5 Å². The molecule has 5 nitrogen and oxygen atoms in total. The zero-order valence-corrected chi connectivity index (χ0v) is 15.3. The number of ether oxygens (including phenoxy) is 1.